The molecular weight excluding hydrogens is 420 g/mol. The van der Waals surface area contributed by atoms with Crippen LogP contribution in [0.4, 0.5) is 0 Å². The van der Waals surface area contributed by atoms with E-state index in [1.807, 2.05) is 12.3 Å². The molecule has 1 aliphatic heterocycles. The Morgan fingerprint density at radius 3 is 2.62 bits per heavy atom. The first-order valence-electron chi connectivity index (χ1n) is 12.5. The minimum absolute atomic E-state index is 0.0711. The lowest BCUT2D eigenvalue weighted by molar-refractivity contribution is 0.102. The molecule has 5 nitrogen and oxygen atoms in total. The highest BCUT2D eigenvalue weighted by Gasteiger charge is 2.28. The molecule has 1 aromatic heterocycles. The highest BCUT2D eigenvalue weighted by atomic mass is 32.2. The predicted molar refractivity (Wildman–Crippen MR) is 131 cm³/mol. The smallest absolute Gasteiger partial charge is 0.153 e. The van der Waals surface area contributed by atoms with Crippen LogP contribution in [-0.2, 0) is 16.3 Å². The Labute approximate surface area is 193 Å². The van der Waals surface area contributed by atoms with E-state index in [2.05, 4.69) is 35.0 Å². The number of piperidine rings is 1. The van der Waals surface area contributed by atoms with Crippen LogP contribution in [0, 0.1) is 0 Å². The third-order valence-corrected chi connectivity index (χ3v) is 9.44. The van der Waals surface area contributed by atoms with Crippen molar-refractivity contribution >= 4 is 20.7 Å². The van der Waals surface area contributed by atoms with Gasteiger partial charge < -0.3 is 9.64 Å². The van der Waals surface area contributed by atoms with Gasteiger partial charge in [0.2, 0.25) is 0 Å². The molecular formula is C26H38N2O3S. The van der Waals surface area contributed by atoms with Gasteiger partial charge in [-0.25, -0.2) is 8.42 Å². The Morgan fingerprint density at radius 1 is 1.09 bits per heavy atom. The maximum atomic E-state index is 12.5. The molecule has 0 spiro atoms. The standard InChI is InChI=1S/C26H38N2O3S/c1-2-3-8-21-19-22-9-6-14-27-26(22)25(20-21)31-23-12-16-28(17-13-23)15-7-18-32(29,30)24-10-4-5-11-24/h6,9,14,19-20,23-24H,2-5,7-8,10-13,15-18H2,1H3. The number of fused-ring (bicyclic) bond motifs is 1. The summed E-state index contributed by atoms with van der Waals surface area (Å²) in [7, 11) is -2.90. The molecule has 0 unspecified atom stereocenters. The number of pyridine rings is 1. The molecule has 6 heteroatoms. The maximum absolute atomic E-state index is 12.5. The van der Waals surface area contributed by atoms with Crippen LogP contribution in [0.2, 0.25) is 0 Å². The van der Waals surface area contributed by atoms with Crippen LogP contribution < -0.4 is 4.74 Å². The van der Waals surface area contributed by atoms with E-state index in [4.69, 9.17) is 4.74 Å². The largest absolute Gasteiger partial charge is 0.488 e. The number of hydrogen-bond acceptors (Lipinski definition) is 5. The Kier molecular flexibility index (Phi) is 8.06. The molecule has 2 aromatic rings. The van der Waals surface area contributed by atoms with Crippen molar-refractivity contribution in [3.63, 3.8) is 0 Å². The summed E-state index contributed by atoms with van der Waals surface area (Å²) in [6.45, 7) is 5.03. The molecule has 0 atom stereocenters. The van der Waals surface area contributed by atoms with Crippen molar-refractivity contribution in [3.8, 4) is 5.75 Å². The minimum Gasteiger partial charge on any atom is -0.488 e. The van der Waals surface area contributed by atoms with Gasteiger partial charge >= 0.3 is 0 Å². The maximum Gasteiger partial charge on any atom is 0.153 e. The van der Waals surface area contributed by atoms with Gasteiger partial charge in [-0.2, -0.15) is 0 Å². The number of ether oxygens (including phenoxy) is 1. The fourth-order valence-electron chi connectivity index (χ4n) is 5.17. The molecule has 2 fully saturated rings. The number of benzene rings is 1. The average molecular weight is 459 g/mol. The van der Waals surface area contributed by atoms with Gasteiger partial charge in [0.1, 0.15) is 17.4 Å². The number of likely N-dealkylation sites (tertiary alicyclic amines) is 1. The van der Waals surface area contributed by atoms with Gasteiger partial charge in [0.05, 0.1) is 11.0 Å². The van der Waals surface area contributed by atoms with E-state index in [1.165, 1.54) is 18.4 Å². The molecule has 4 rings (SSSR count). The lowest BCUT2D eigenvalue weighted by Gasteiger charge is -2.32. The molecule has 2 heterocycles. The van der Waals surface area contributed by atoms with Gasteiger partial charge in [0.25, 0.3) is 0 Å². The van der Waals surface area contributed by atoms with Crippen molar-refractivity contribution in [3.05, 3.63) is 36.0 Å². The quantitative estimate of drug-likeness (QED) is 0.492. The second-order valence-electron chi connectivity index (χ2n) is 9.56. The summed E-state index contributed by atoms with van der Waals surface area (Å²) in [5, 5.41) is 1.08. The Hall–Kier alpha value is -1.66. The van der Waals surface area contributed by atoms with E-state index in [0.29, 0.717) is 5.75 Å². The molecule has 1 saturated carbocycles. The zero-order chi connectivity index (χ0) is 22.4. The van der Waals surface area contributed by atoms with Crippen LogP contribution in [0.25, 0.3) is 10.9 Å². The summed E-state index contributed by atoms with van der Waals surface area (Å²) < 4.78 is 31.5. The van der Waals surface area contributed by atoms with Crippen LogP contribution >= 0.6 is 0 Å². The third-order valence-electron chi connectivity index (χ3n) is 7.09. The summed E-state index contributed by atoms with van der Waals surface area (Å²) in [4.78, 5) is 6.99. The molecule has 1 aromatic carbocycles. The Bertz CT molecular complexity index is 978. The third kappa shape index (κ3) is 6.02. The number of rotatable bonds is 10. The molecule has 1 saturated heterocycles. The highest BCUT2D eigenvalue weighted by Crippen LogP contribution is 2.29. The van der Waals surface area contributed by atoms with Crippen molar-refractivity contribution in [1.82, 2.24) is 9.88 Å². The predicted octanol–water partition coefficient (Wildman–Crippen LogP) is 5.17. The monoisotopic (exact) mass is 458 g/mol. The van der Waals surface area contributed by atoms with Gasteiger partial charge in [-0.1, -0.05) is 32.3 Å². The van der Waals surface area contributed by atoms with E-state index in [0.717, 1.165) is 87.7 Å². The van der Waals surface area contributed by atoms with E-state index in [1.54, 1.807) is 0 Å². The van der Waals surface area contributed by atoms with Crippen LogP contribution in [0.3, 0.4) is 0 Å². The molecule has 32 heavy (non-hydrogen) atoms. The van der Waals surface area contributed by atoms with E-state index < -0.39 is 9.84 Å². The second-order valence-corrected chi connectivity index (χ2v) is 12.0. The van der Waals surface area contributed by atoms with Crippen molar-refractivity contribution in [2.24, 2.45) is 0 Å². The van der Waals surface area contributed by atoms with Gasteiger partial charge in [-0.15, -0.1) is 0 Å². The molecule has 2 aliphatic rings. The molecule has 0 amide bonds. The topological polar surface area (TPSA) is 59.5 Å². The minimum atomic E-state index is -2.90. The lowest BCUT2D eigenvalue weighted by atomic mass is 10.0. The number of hydrogen-bond donors (Lipinski definition) is 0. The van der Waals surface area contributed by atoms with Crippen LogP contribution in [-0.4, -0.2) is 55.0 Å². The van der Waals surface area contributed by atoms with Crippen molar-refractivity contribution < 1.29 is 13.2 Å². The first-order valence-corrected chi connectivity index (χ1v) is 14.2. The zero-order valence-corrected chi connectivity index (χ0v) is 20.3. The highest BCUT2D eigenvalue weighted by molar-refractivity contribution is 7.92. The fourth-order valence-corrected chi connectivity index (χ4v) is 7.08. The Morgan fingerprint density at radius 2 is 1.88 bits per heavy atom. The van der Waals surface area contributed by atoms with E-state index in [9.17, 15) is 8.42 Å². The molecule has 0 bridgehead atoms. The lowest BCUT2D eigenvalue weighted by Crippen LogP contribution is -2.39. The number of aromatic nitrogens is 1. The van der Waals surface area contributed by atoms with Gasteiger partial charge in [0.15, 0.2) is 9.84 Å². The van der Waals surface area contributed by atoms with Crippen molar-refractivity contribution in [2.75, 3.05) is 25.4 Å². The van der Waals surface area contributed by atoms with Gasteiger partial charge in [-0.05, 0) is 75.3 Å². The summed E-state index contributed by atoms with van der Waals surface area (Å²) in [5.41, 5.74) is 2.27. The SMILES string of the molecule is CCCCc1cc(OC2CCN(CCCS(=O)(=O)C3CCCC3)CC2)c2ncccc2c1. The normalized spacial score (nSPS) is 19.0. The summed E-state index contributed by atoms with van der Waals surface area (Å²) in [6.07, 6.45) is 12.0. The number of sulfone groups is 1. The van der Waals surface area contributed by atoms with Crippen LogP contribution in [0.15, 0.2) is 30.5 Å². The van der Waals surface area contributed by atoms with Crippen molar-refractivity contribution in [1.29, 1.82) is 0 Å². The van der Waals surface area contributed by atoms with Gasteiger partial charge in [0, 0.05) is 24.7 Å². The van der Waals surface area contributed by atoms with Crippen LogP contribution in [0.1, 0.15) is 70.3 Å². The molecule has 0 radical (unpaired) electrons. The Balaban J connectivity index is 1.29. The first kappa shape index (κ1) is 23.5. The second kappa shape index (κ2) is 11.0. The number of unbranched alkanes of at least 4 members (excludes halogenated alkanes) is 1. The van der Waals surface area contributed by atoms with Crippen LogP contribution in [0.5, 0.6) is 5.75 Å². The average Bonchev–Trinajstić information content (AvgIpc) is 3.35. The number of nitrogens with zero attached hydrogens (tertiary/aromatic N) is 2. The fraction of sp³-hybridized carbons (Fsp3) is 0.654. The zero-order valence-electron chi connectivity index (χ0n) is 19.5. The summed E-state index contributed by atoms with van der Waals surface area (Å²) in [6, 6.07) is 8.53. The van der Waals surface area contributed by atoms with Crippen molar-refractivity contribution in [2.45, 2.75) is 82.5 Å². The molecule has 176 valence electrons. The van der Waals surface area contributed by atoms with E-state index in [-0.39, 0.29) is 11.4 Å². The number of aryl methyl sites for hydroxylation is 1. The summed E-state index contributed by atoms with van der Waals surface area (Å²) in [5.74, 6) is 1.26. The van der Waals surface area contributed by atoms with Gasteiger partial charge in [-0.3, -0.25) is 4.98 Å². The first-order chi connectivity index (χ1) is 15.5. The molecule has 0 N–H and O–H groups in total. The molecule has 1 aliphatic carbocycles. The van der Waals surface area contributed by atoms with E-state index >= 15 is 0 Å². The summed E-state index contributed by atoms with van der Waals surface area (Å²) >= 11 is 0.